The molecule has 0 aromatic heterocycles. The Kier molecular flexibility index (Phi) is 7.06. The molecule has 0 aliphatic heterocycles. The highest BCUT2D eigenvalue weighted by Gasteiger charge is 2.14. The third-order valence-corrected chi connectivity index (χ3v) is 5.66. The Morgan fingerprint density at radius 2 is 0.944 bits per heavy atom. The molecule has 0 heterocycles. The molecule has 0 unspecified atom stereocenters. The van der Waals surface area contributed by atoms with Crippen LogP contribution in [0, 0.1) is 34.1 Å². The third kappa shape index (κ3) is 5.39. The molecule has 0 atom stereocenters. The maximum absolute atomic E-state index is 10.9. The number of nitro groups is 2. The van der Waals surface area contributed by atoms with E-state index in [0.29, 0.717) is 0 Å². The van der Waals surface area contributed by atoms with Crippen molar-refractivity contribution in [1.29, 1.82) is 0 Å². The Hall–Kier alpha value is -4.98. The molecule has 36 heavy (non-hydrogen) atoms. The lowest BCUT2D eigenvalue weighted by Crippen LogP contribution is -1.91. The summed E-state index contributed by atoms with van der Waals surface area (Å²) >= 11 is 0. The van der Waals surface area contributed by atoms with Crippen molar-refractivity contribution in [3.8, 4) is 11.1 Å². The van der Waals surface area contributed by atoms with Gasteiger partial charge in [0, 0.05) is 47.8 Å². The summed E-state index contributed by atoms with van der Waals surface area (Å²) in [7, 11) is 0. The maximum Gasteiger partial charge on any atom is 0.269 e. The fourth-order valence-electron chi connectivity index (χ4n) is 3.82. The van der Waals surface area contributed by atoms with Gasteiger partial charge in [0.2, 0.25) is 0 Å². The molecule has 0 N–H and O–H groups in total. The van der Waals surface area contributed by atoms with Gasteiger partial charge in [0.15, 0.2) is 0 Å². The van der Waals surface area contributed by atoms with Gasteiger partial charge in [0.25, 0.3) is 11.4 Å². The molecule has 4 aromatic rings. The number of non-ortho nitro benzene ring substituents is 2. The zero-order valence-corrected chi connectivity index (χ0v) is 19.7. The van der Waals surface area contributed by atoms with Crippen LogP contribution in [0.25, 0.3) is 11.1 Å². The average Bonchev–Trinajstić information content (AvgIpc) is 2.87. The quantitative estimate of drug-likeness (QED) is 0.158. The lowest BCUT2D eigenvalue weighted by molar-refractivity contribution is -0.385. The molecule has 0 radical (unpaired) electrons. The van der Waals surface area contributed by atoms with E-state index in [2.05, 4.69) is 0 Å². The fraction of sp³-hybridized carbons (Fsp3) is 0.0714. The zero-order valence-electron chi connectivity index (χ0n) is 19.7. The van der Waals surface area contributed by atoms with Gasteiger partial charge in [-0.1, -0.05) is 24.3 Å². The van der Waals surface area contributed by atoms with Crippen LogP contribution in [0.2, 0.25) is 0 Å². The van der Waals surface area contributed by atoms with Crippen LogP contribution in [0.1, 0.15) is 22.3 Å². The second-order valence-electron chi connectivity index (χ2n) is 8.15. The highest BCUT2D eigenvalue weighted by atomic mass is 16.6. The van der Waals surface area contributed by atoms with Crippen molar-refractivity contribution in [2.45, 2.75) is 13.8 Å². The van der Waals surface area contributed by atoms with Crippen molar-refractivity contribution in [2.75, 3.05) is 0 Å². The summed E-state index contributed by atoms with van der Waals surface area (Å²) in [5, 5.41) is 21.8. The Morgan fingerprint density at radius 3 is 1.28 bits per heavy atom. The molecule has 0 amide bonds. The monoisotopic (exact) mass is 478 g/mol. The second-order valence-corrected chi connectivity index (χ2v) is 8.15. The first-order valence-corrected chi connectivity index (χ1v) is 11.1. The van der Waals surface area contributed by atoms with E-state index >= 15 is 0 Å². The van der Waals surface area contributed by atoms with Gasteiger partial charge in [0.1, 0.15) is 0 Å². The number of aliphatic imine (C=N–C) groups is 2. The van der Waals surface area contributed by atoms with Crippen molar-refractivity contribution in [3.63, 3.8) is 0 Å². The molecule has 0 bridgehead atoms. The number of aryl methyl sites for hydroxylation is 2. The Bertz CT molecular complexity index is 1380. The largest absolute Gasteiger partial charge is 0.269 e. The molecule has 0 aliphatic rings. The lowest BCUT2D eigenvalue weighted by atomic mass is 9.93. The number of hydrogen-bond donors (Lipinski definition) is 0. The summed E-state index contributed by atoms with van der Waals surface area (Å²) in [6, 6.07) is 24.1. The summed E-state index contributed by atoms with van der Waals surface area (Å²) < 4.78 is 0. The summed E-state index contributed by atoms with van der Waals surface area (Å²) in [5.74, 6) is 0. The van der Waals surface area contributed by atoms with E-state index in [1.165, 1.54) is 24.3 Å². The van der Waals surface area contributed by atoms with E-state index in [-0.39, 0.29) is 11.4 Å². The summed E-state index contributed by atoms with van der Waals surface area (Å²) in [6.07, 6.45) is 3.36. The molecule has 0 fully saturated rings. The van der Waals surface area contributed by atoms with Gasteiger partial charge < -0.3 is 0 Å². The lowest BCUT2D eigenvalue weighted by Gasteiger charge is -2.15. The SMILES string of the molecule is Cc1cccc(N=Cc2ccc([N+](=O)[O-])cc2)c1-c1c(C)cccc1N=Cc1ccc([N+](=O)[O-])cc1. The first-order chi connectivity index (χ1) is 17.3. The highest BCUT2D eigenvalue weighted by molar-refractivity contribution is 5.93. The van der Waals surface area contributed by atoms with E-state index in [0.717, 1.165) is 44.8 Å². The van der Waals surface area contributed by atoms with Crippen molar-refractivity contribution in [2.24, 2.45) is 9.98 Å². The van der Waals surface area contributed by atoms with Gasteiger partial charge >= 0.3 is 0 Å². The van der Waals surface area contributed by atoms with Gasteiger partial charge in [-0.2, -0.15) is 0 Å². The van der Waals surface area contributed by atoms with Crippen molar-refractivity contribution in [3.05, 3.63) is 127 Å². The maximum atomic E-state index is 10.9. The number of nitrogens with zero attached hydrogens (tertiary/aromatic N) is 4. The van der Waals surface area contributed by atoms with Crippen LogP contribution in [0.4, 0.5) is 22.7 Å². The van der Waals surface area contributed by atoms with Crippen LogP contribution >= 0.6 is 0 Å². The Balaban J connectivity index is 1.73. The normalized spacial score (nSPS) is 11.3. The Morgan fingerprint density at radius 1 is 0.583 bits per heavy atom. The number of rotatable bonds is 7. The molecule has 178 valence electrons. The highest BCUT2D eigenvalue weighted by Crippen LogP contribution is 2.41. The average molecular weight is 479 g/mol. The van der Waals surface area contributed by atoms with E-state index in [1.807, 2.05) is 50.2 Å². The minimum atomic E-state index is -0.434. The fourth-order valence-corrected chi connectivity index (χ4v) is 3.82. The van der Waals surface area contributed by atoms with Crippen molar-refractivity contribution < 1.29 is 9.85 Å². The number of benzene rings is 4. The minimum Gasteiger partial charge on any atom is -0.258 e. The predicted octanol–water partition coefficient (Wildman–Crippen LogP) is 7.29. The second kappa shape index (κ2) is 10.5. The summed E-state index contributed by atoms with van der Waals surface area (Å²) in [4.78, 5) is 30.4. The molecule has 0 saturated carbocycles. The topological polar surface area (TPSA) is 111 Å². The van der Waals surface area contributed by atoms with E-state index in [9.17, 15) is 20.2 Å². The van der Waals surface area contributed by atoms with Gasteiger partial charge in [-0.05, 0) is 72.5 Å². The van der Waals surface area contributed by atoms with Crippen molar-refractivity contribution >= 4 is 35.2 Å². The van der Waals surface area contributed by atoms with Crippen LogP contribution in [-0.4, -0.2) is 22.3 Å². The van der Waals surface area contributed by atoms with Crippen LogP contribution < -0.4 is 0 Å². The minimum absolute atomic E-state index is 0.0267. The molecule has 0 saturated heterocycles. The van der Waals surface area contributed by atoms with Gasteiger partial charge in [-0.15, -0.1) is 0 Å². The van der Waals surface area contributed by atoms with Gasteiger partial charge in [-0.25, -0.2) is 0 Å². The third-order valence-electron chi connectivity index (χ3n) is 5.66. The molecule has 0 aliphatic carbocycles. The van der Waals surface area contributed by atoms with Crippen LogP contribution in [0.3, 0.4) is 0 Å². The van der Waals surface area contributed by atoms with E-state index < -0.39 is 9.85 Å². The molecule has 0 spiro atoms. The molecule has 4 rings (SSSR count). The molecule has 8 nitrogen and oxygen atoms in total. The first-order valence-electron chi connectivity index (χ1n) is 11.1. The van der Waals surface area contributed by atoms with E-state index in [4.69, 9.17) is 9.98 Å². The predicted molar refractivity (Wildman–Crippen MR) is 142 cm³/mol. The van der Waals surface area contributed by atoms with Crippen LogP contribution in [0.5, 0.6) is 0 Å². The van der Waals surface area contributed by atoms with Crippen molar-refractivity contribution in [1.82, 2.24) is 0 Å². The Labute approximate surface area is 207 Å². The number of hydrogen-bond acceptors (Lipinski definition) is 6. The van der Waals surface area contributed by atoms with Crippen LogP contribution in [0.15, 0.2) is 94.9 Å². The first kappa shape index (κ1) is 24.2. The number of nitro benzene ring substituents is 2. The molecule has 8 heteroatoms. The zero-order chi connectivity index (χ0) is 25.7. The van der Waals surface area contributed by atoms with Gasteiger partial charge in [0.05, 0.1) is 21.2 Å². The summed E-state index contributed by atoms with van der Waals surface area (Å²) in [5.41, 5.74) is 6.95. The van der Waals surface area contributed by atoms with Gasteiger partial charge in [-0.3, -0.25) is 30.2 Å². The molecular weight excluding hydrogens is 456 g/mol. The van der Waals surface area contributed by atoms with E-state index in [1.54, 1.807) is 36.7 Å². The molecular formula is C28H22N4O4. The smallest absolute Gasteiger partial charge is 0.258 e. The molecule has 4 aromatic carbocycles. The standard InChI is InChI=1S/C28H22N4O4/c1-19-5-3-7-25(29-17-21-9-13-23(14-10-21)31(33)34)27(19)28-20(2)6-4-8-26(28)30-18-22-11-15-24(16-12-22)32(35)36/h3-18H,1-2H3. The van der Waals surface area contributed by atoms with Crippen LogP contribution in [-0.2, 0) is 0 Å². The summed E-state index contributed by atoms with van der Waals surface area (Å²) in [6.45, 7) is 4.02.